The van der Waals surface area contributed by atoms with Gasteiger partial charge in [0.2, 0.25) is 5.91 Å². The van der Waals surface area contributed by atoms with Gasteiger partial charge in [-0.05, 0) is 51.7 Å². The van der Waals surface area contributed by atoms with Crippen molar-refractivity contribution in [2.75, 3.05) is 52.9 Å². The van der Waals surface area contributed by atoms with Crippen molar-refractivity contribution in [1.29, 1.82) is 0 Å². The third kappa shape index (κ3) is 7.51. The van der Waals surface area contributed by atoms with Gasteiger partial charge in [0.25, 0.3) is 0 Å². The fourth-order valence-electron chi connectivity index (χ4n) is 3.16. The molecule has 1 aliphatic heterocycles. The number of nitrogens with zero attached hydrogens (tertiary/aromatic N) is 3. The molecule has 0 bridgehead atoms. The van der Waals surface area contributed by atoms with Gasteiger partial charge < -0.3 is 20.4 Å². The van der Waals surface area contributed by atoms with E-state index in [2.05, 4.69) is 41.2 Å². The number of amides is 1. The maximum absolute atomic E-state index is 11.5. The van der Waals surface area contributed by atoms with E-state index in [1.807, 2.05) is 0 Å². The van der Waals surface area contributed by atoms with Crippen molar-refractivity contribution in [3.05, 3.63) is 0 Å². The molecule has 0 aromatic rings. The van der Waals surface area contributed by atoms with Gasteiger partial charge >= 0.3 is 0 Å². The Labute approximate surface area is 148 Å². The molecule has 0 atom stereocenters. The highest BCUT2D eigenvalue weighted by Crippen LogP contribution is 2.20. The molecule has 6 heteroatoms. The molecule has 0 saturated carbocycles. The molecule has 24 heavy (non-hydrogen) atoms. The minimum absolute atomic E-state index is 0.158. The Hall–Kier alpha value is -1.30. The van der Waals surface area contributed by atoms with Crippen molar-refractivity contribution >= 4 is 11.9 Å². The van der Waals surface area contributed by atoms with Crippen LogP contribution in [0.25, 0.3) is 0 Å². The maximum atomic E-state index is 11.5. The number of hydrogen-bond donors (Lipinski definition) is 2. The molecule has 1 fully saturated rings. The summed E-state index contributed by atoms with van der Waals surface area (Å²) in [5.41, 5.74) is 0. The fraction of sp³-hybridized carbons (Fsp3) is 0.889. The largest absolute Gasteiger partial charge is 0.359 e. The van der Waals surface area contributed by atoms with Crippen LogP contribution in [-0.4, -0.2) is 74.5 Å². The SMILES string of the molecule is CCNC(=NCCCN(CC)CC)N1CCC(CC(=O)NC)CC1. The normalized spacial score (nSPS) is 16.5. The van der Waals surface area contributed by atoms with Crippen molar-refractivity contribution in [1.82, 2.24) is 20.4 Å². The number of aliphatic imine (C=N–C) groups is 1. The second-order valence-electron chi connectivity index (χ2n) is 6.42. The summed E-state index contributed by atoms with van der Waals surface area (Å²) in [6.45, 7) is 13.6. The molecule has 0 unspecified atom stereocenters. The molecule has 140 valence electrons. The third-order valence-corrected chi connectivity index (χ3v) is 4.79. The van der Waals surface area contributed by atoms with Crippen LogP contribution in [0.2, 0.25) is 0 Å². The van der Waals surface area contributed by atoms with Crippen LogP contribution in [0.4, 0.5) is 0 Å². The molecule has 1 saturated heterocycles. The molecular weight excluding hydrogens is 302 g/mol. The van der Waals surface area contributed by atoms with Crippen LogP contribution in [0.1, 0.15) is 46.5 Å². The highest BCUT2D eigenvalue weighted by molar-refractivity contribution is 5.80. The van der Waals surface area contributed by atoms with E-state index in [-0.39, 0.29) is 5.91 Å². The molecule has 0 aromatic heterocycles. The highest BCUT2D eigenvalue weighted by Gasteiger charge is 2.22. The second kappa shape index (κ2) is 12.1. The first kappa shape index (κ1) is 20.7. The number of guanidine groups is 1. The molecule has 0 radical (unpaired) electrons. The molecule has 6 nitrogen and oxygen atoms in total. The number of carbonyl (C=O) groups excluding carboxylic acids is 1. The summed E-state index contributed by atoms with van der Waals surface area (Å²) in [5, 5.41) is 6.15. The summed E-state index contributed by atoms with van der Waals surface area (Å²) in [6.07, 6.45) is 3.89. The van der Waals surface area contributed by atoms with Crippen molar-refractivity contribution < 1.29 is 4.79 Å². The number of nitrogens with one attached hydrogen (secondary N) is 2. The van der Waals surface area contributed by atoms with Gasteiger partial charge in [0.1, 0.15) is 0 Å². The molecule has 1 aliphatic rings. The Bertz CT molecular complexity index is 374. The van der Waals surface area contributed by atoms with Gasteiger partial charge in [-0.2, -0.15) is 0 Å². The lowest BCUT2D eigenvalue weighted by Crippen LogP contribution is -2.46. The zero-order valence-corrected chi connectivity index (χ0v) is 16.1. The van der Waals surface area contributed by atoms with Crippen LogP contribution < -0.4 is 10.6 Å². The van der Waals surface area contributed by atoms with Crippen LogP contribution in [0.5, 0.6) is 0 Å². The highest BCUT2D eigenvalue weighted by atomic mass is 16.1. The summed E-state index contributed by atoms with van der Waals surface area (Å²) < 4.78 is 0. The summed E-state index contributed by atoms with van der Waals surface area (Å²) in [7, 11) is 1.71. The molecule has 1 heterocycles. The maximum Gasteiger partial charge on any atom is 0.220 e. The van der Waals surface area contributed by atoms with E-state index in [0.717, 1.165) is 71.0 Å². The zero-order valence-electron chi connectivity index (χ0n) is 16.1. The van der Waals surface area contributed by atoms with Crippen molar-refractivity contribution in [3.8, 4) is 0 Å². The van der Waals surface area contributed by atoms with E-state index in [0.29, 0.717) is 12.3 Å². The average molecular weight is 340 g/mol. The van der Waals surface area contributed by atoms with E-state index in [9.17, 15) is 4.79 Å². The minimum Gasteiger partial charge on any atom is -0.359 e. The molecule has 0 aromatic carbocycles. The minimum atomic E-state index is 0.158. The van der Waals surface area contributed by atoms with Gasteiger partial charge in [-0.15, -0.1) is 0 Å². The molecule has 2 N–H and O–H groups in total. The predicted molar refractivity (Wildman–Crippen MR) is 101 cm³/mol. The van der Waals surface area contributed by atoms with Gasteiger partial charge in [-0.3, -0.25) is 9.79 Å². The Kier molecular flexibility index (Phi) is 10.5. The van der Waals surface area contributed by atoms with Gasteiger partial charge in [0, 0.05) is 39.6 Å². The Balaban J connectivity index is 2.42. The van der Waals surface area contributed by atoms with Gasteiger partial charge in [0.05, 0.1) is 0 Å². The zero-order chi connectivity index (χ0) is 17.8. The summed E-state index contributed by atoms with van der Waals surface area (Å²) >= 11 is 0. The molecular formula is C18H37N5O. The van der Waals surface area contributed by atoms with Gasteiger partial charge in [0.15, 0.2) is 5.96 Å². The standard InChI is InChI=1S/C18H37N5O/c1-5-20-18(21-11-8-12-22(6-2)7-3)23-13-9-16(10-14-23)15-17(24)19-4/h16H,5-15H2,1-4H3,(H,19,24)(H,20,21). The third-order valence-electron chi connectivity index (χ3n) is 4.79. The van der Waals surface area contributed by atoms with E-state index in [1.54, 1.807) is 7.05 Å². The van der Waals surface area contributed by atoms with Gasteiger partial charge in [-0.1, -0.05) is 13.8 Å². The second-order valence-corrected chi connectivity index (χ2v) is 6.42. The summed E-state index contributed by atoms with van der Waals surface area (Å²) in [5.74, 6) is 1.70. The Morgan fingerprint density at radius 2 is 1.88 bits per heavy atom. The number of carbonyl (C=O) groups is 1. The van der Waals surface area contributed by atoms with Crippen molar-refractivity contribution in [2.24, 2.45) is 10.9 Å². The van der Waals surface area contributed by atoms with E-state index >= 15 is 0 Å². The Morgan fingerprint density at radius 1 is 1.21 bits per heavy atom. The number of hydrogen-bond acceptors (Lipinski definition) is 3. The lowest BCUT2D eigenvalue weighted by Gasteiger charge is -2.34. The quantitative estimate of drug-likeness (QED) is 0.380. The summed E-state index contributed by atoms with van der Waals surface area (Å²) in [4.78, 5) is 21.1. The molecule has 1 rings (SSSR count). The molecule has 1 amide bonds. The molecule has 0 spiro atoms. The van der Waals surface area contributed by atoms with Gasteiger partial charge in [-0.25, -0.2) is 0 Å². The summed E-state index contributed by atoms with van der Waals surface area (Å²) in [6, 6.07) is 0. The van der Waals surface area contributed by atoms with Crippen LogP contribution in [0, 0.1) is 5.92 Å². The van der Waals surface area contributed by atoms with Crippen LogP contribution in [0.3, 0.4) is 0 Å². The topological polar surface area (TPSA) is 60.0 Å². The average Bonchev–Trinajstić information content (AvgIpc) is 2.61. The first-order valence-electron chi connectivity index (χ1n) is 9.60. The first-order chi connectivity index (χ1) is 11.6. The van der Waals surface area contributed by atoms with Crippen LogP contribution >= 0.6 is 0 Å². The lowest BCUT2D eigenvalue weighted by atomic mass is 9.93. The van der Waals surface area contributed by atoms with E-state index in [1.165, 1.54) is 0 Å². The van der Waals surface area contributed by atoms with Crippen LogP contribution in [-0.2, 0) is 4.79 Å². The van der Waals surface area contributed by atoms with Crippen molar-refractivity contribution in [2.45, 2.75) is 46.5 Å². The Morgan fingerprint density at radius 3 is 2.42 bits per heavy atom. The molecule has 0 aliphatic carbocycles. The number of rotatable bonds is 9. The first-order valence-corrected chi connectivity index (χ1v) is 9.60. The number of piperidine rings is 1. The lowest BCUT2D eigenvalue weighted by molar-refractivity contribution is -0.121. The monoisotopic (exact) mass is 339 g/mol. The van der Waals surface area contributed by atoms with E-state index < -0.39 is 0 Å². The fourth-order valence-corrected chi connectivity index (χ4v) is 3.16. The van der Waals surface area contributed by atoms with E-state index in [4.69, 9.17) is 4.99 Å². The smallest absolute Gasteiger partial charge is 0.220 e. The van der Waals surface area contributed by atoms with Crippen LogP contribution in [0.15, 0.2) is 4.99 Å². The predicted octanol–water partition coefficient (Wildman–Crippen LogP) is 1.53. The van der Waals surface area contributed by atoms with Crippen molar-refractivity contribution in [3.63, 3.8) is 0 Å². The number of likely N-dealkylation sites (tertiary alicyclic amines) is 1.